The van der Waals surface area contributed by atoms with Gasteiger partial charge in [0.1, 0.15) is 0 Å². The molecule has 1 aromatic rings. The SMILES string of the molecule is CC(C)C(C)NCCOCc1ccc(Br)cc1. The number of hydrogen-bond acceptors (Lipinski definition) is 2. The van der Waals surface area contributed by atoms with E-state index in [2.05, 4.69) is 54.2 Å². The first kappa shape index (κ1) is 14.7. The molecule has 3 heteroatoms. The smallest absolute Gasteiger partial charge is 0.0717 e. The van der Waals surface area contributed by atoms with E-state index in [1.165, 1.54) is 5.56 Å². The van der Waals surface area contributed by atoms with Crippen molar-refractivity contribution in [1.29, 1.82) is 0 Å². The maximum absolute atomic E-state index is 5.61. The van der Waals surface area contributed by atoms with Crippen LogP contribution in [0, 0.1) is 5.92 Å². The average molecular weight is 300 g/mol. The van der Waals surface area contributed by atoms with Crippen molar-refractivity contribution < 1.29 is 4.74 Å². The summed E-state index contributed by atoms with van der Waals surface area (Å²) in [4.78, 5) is 0. The standard InChI is InChI=1S/C14H22BrNO/c1-11(2)12(3)16-8-9-17-10-13-4-6-14(15)7-5-13/h4-7,11-12,16H,8-10H2,1-3H3. The van der Waals surface area contributed by atoms with E-state index in [9.17, 15) is 0 Å². The largest absolute Gasteiger partial charge is 0.375 e. The highest BCUT2D eigenvalue weighted by Gasteiger charge is 2.04. The molecule has 0 bridgehead atoms. The highest BCUT2D eigenvalue weighted by atomic mass is 79.9. The van der Waals surface area contributed by atoms with Crippen molar-refractivity contribution >= 4 is 15.9 Å². The zero-order chi connectivity index (χ0) is 12.7. The second kappa shape index (κ2) is 7.85. The second-order valence-corrected chi connectivity index (χ2v) is 5.58. The number of rotatable bonds is 7. The fourth-order valence-corrected chi connectivity index (χ4v) is 1.63. The fourth-order valence-electron chi connectivity index (χ4n) is 1.37. The van der Waals surface area contributed by atoms with Gasteiger partial charge in [0.2, 0.25) is 0 Å². The summed E-state index contributed by atoms with van der Waals surface area (Å²) in [7, 11) is 0. The Labute approximate surface area is 113 Å². The van der Waals surface area contributed by atoms with Crippen LogP contribution >= 0.6 is 15.9 Å². The first-order chi connectivity index (χ1) is 8.09. The lowest BCUT2D eigenvalue weighted by atomic mass is 10.1. The van der Waals surface area contributed by atoms with Crippen molar-refractivity contribution in [2.45, 2.75) is 33.4 Å². The molecule has 0 aliphatic carbocycles. The van der Waals surface area contributed by atoms with Gasteiger partial charge in [-0.1, -0.05) is 41.9 Å². The third-order valence-corrected chi connectivity index (χ3v) is 3.42. The van der Waals surface area contributed by atoms with Crippen LogP contribution < -0.4 is 5.32 Å². The molecule has 0 amide bonds. The fraction of sp³-hybridized carbons (Fsp3) is 0.571. The molecule has 0 heterocycles. The van der Waals surface area contributed by atoms with E-state index in [1.807, 2.05) is 12.1 Å². The van der Waals surface area contributed by atoms with Gasteiger partial charge >= 0.3 is 0 Å². The van der Waals surface area contributed by atoms with E-state index in [4.69, 9.17) is 4.74 Å². The molecule has 0 saturated heterocycles. The van der Waals surface area contributed by atoms with Crippen molar-refractivity contribution in [2.24, 2.45) is 5.92 Å². The summed E-state index contributed by atoms with van der Waals surface area (Å²) in [5.74, 6) is 0.668. The van der Waals surface area contributed by atoms with Crippen LogP contribution in [0.4, 0.5) is 0 Å². The van der Waals surface area contributed by atoms with Gasteiger partial charge in [-0.15, -0.1) is 0 Å². The minimum atomic E-state index is 0.547. The zero-order valence-electron chi connectivity index (χ0n) is 10.9. The maximum Gasteiger partial charge on any atom is 0.0717 e. The van der Waals surface area contributed by atoms with Gasteiger partial charge < -0.3 is 10.1 Å². The topological polar surface area (TPSA) is 21.3 Å². The molecule has 0 aliphatic rings. The van der Waals surface area contributed by atoms with Gasteiger partial charge in [-0.3, -0.25) is 0 Å². The van der Waals surface area contributed by atoms with Gasteiger partial charge in [0.25, 0.3) is 0 Å². The Bertz CT molecular complexity index is 311. The van der Waals surface area contributed by atoms with Crippen molar-refractivity contribution in [3.8, 4) is 0 Å². The summed E-state index contributed by atoms with van der Waals surface area (Å²) in [5, 5.41) is 3.44. The van der Waals surface area contributed by atoms with E-state index >= 15 is 0 Å². The highest BCUT2D eigenvalue weighted by molar-refractivity contribution is 9.10. The Kier molecular flexibility index (Phi) is 6.78. The van der Waals surface area contributed by atoms with Crippen LogP contribution in [0.3, 0.4) is 0 Å². The van der Waals surface area contributed by atoms with E-state index in [1.54, 1.807) is 0 Å². The predicted molar refractivity (Wildman–Crippen MR) is 76.1 cm³/mol. The second-order valence-electron chi connectivity index (χ2n) is 4.67. The summed E-state index contributed by atoms with van der Waals surface area (Å²) in [6.07, 6.45) is 0. The van der Waals surface area contributed by atoms with Gasteiger partial charge in [-0.25, -0.2) is 0 Å². The molecule has 0 spiro atoms. The molecule has 0 aromatic heterocycles. The Morgan fingerprint density at radius 2 is 1.82 bits per heavy atom. The lowest BCUT2D eigenvalue weighted by molar-refractivity contribution is 0.119. The molecule has 2 nitrogen and oxygen atoms in total. The van der Waals surface area contributed by atoms with Crippen molar-refractivity contribution in [1.82, 2.24) is 5.32 Å². The number of ether oxygens (including phenoxy) is 1. The van der Waals surface area contributed by atoms with E-state index in [0.717, 1.165) is 17.6 Å². The van der Waals surface area contributed by atoms with Crippen LogP contribution in [0.25, 0.3) is 0 Å². The van der Waals surface area contributed by atoms with Crippen LogP contribution in [-0.2, 0) is 11.3 Å². The first-order valence-corrected chi connectivity index (χ1v) is 6.94. The minimum Gasteiger partial charge on any atom is -0.375 e. The molecule has 1 rings (SSSR count). The lowest BCUT2D eigenvalue weighted by Gasteiger charge is -2.17. The van der Waals surface area contributed by atoms with Gasteiger partial charge in [-0.2, -0.15) is 0 Å². The van der Waals surface area contributed by atoms with Gasteiger partial charge in [0.05, 0.1) is 13.2 Å². The molecule has 1 atom stereocenters. The van der Waals surface area contributed by atoms with Gasteiger partial charge in [0.15, 0.2) is 0 Å². The summed E-state index contributed by atoms with van der Waals surface area (Å²) in [6.45, 7) is 9.01. The van der Waals surface area contributed by atoms with E-state index in [0.29, 0.717) is 18.6 Å². The average Bonchev–Trinajstić information content (AvgIpc) is 2.30. The number of hydrogen-bond donors (Lipinski definition) is 1. The molecular weight excluding hydrogens is 278 g/mol. The van der Waals surface area contributed by atoms with Crippen LogP contribution in [0.5, 0.6) is 0 Å². The third-order valence-electron chi connectivity index (χ3n) is 2.89. The molecule has 0 saturated carbocycles. The molecule has 0 radical (unpaired) electrons. The molecular formula is C14H22BrNO. The highest BCUT2D eigenvalue weighted by Crippen LogP contribution is 2.10. The van der Waals surface area contributed by atoms with Gasteiger partial charge in [-0.05, 0) is 30.5 Å². The molecule has 0 fully saturated rings. The van der Waals surface area contributed by atoms with E-state index < -0.39 is 0 Å². The number of nitrogens with one attached hydrogen (secondary N) is 1. The molecule has 17 heavy (non-hydrogen) atoms. The number of benzene rings is 1. The van der Waals surface area contributed by atoms with Crippen LogP contribution in [0.2, 0.25) is 0 Å². The molecule has 0 aliphatic heterocycles. The quantitative estimate of drug-likeness (QED) is 0.777. The number of halogens is 1. The Hall–Kier alpha value is -0.380. The summed E-state index contributed by atoms with van der Waals surface area (Å²) >= 11 is 3.42. The zero-order valence-corrected chi connectivity index (χ0v) is 12.5. The molecule has 1 N–H and O–H groups in total. The summed E-state index contributed by atoms with van der Waals surface area (Å²) < 4.78 is 6.72. The van der Waals surface area contributed by atoms with Crippen LogP contribution in [0.1, 0.15) is 26.3 Å². The van der Waals surface area contributed by atoms with E-state index in [-0.39, 0.29) is 0 Å². The van der Waals surface area contributed by atoms with Crippen molar-refractivity contribution in [3.05, 3.63) is 34.3 Å². The Morgan fingerprint density at radius 3 is 2.41 bits per heavy atom. The first-order valence-electron chi connectivity index (χ1n) is 6.15. The molecule has 1 unspecified atom stereocenters. The minimum absolute atomic E-state index is 0.547. The Morgan fingerprint density at radius 1 is 1.18 bits per heavy atom. The van der Waals surface area contributed by atoms with Crippen molar-refractivity contribution in [3.63, 3.8) is 0 Å². The van der Waals surface area contributed by atoms with Crippen LogP contribution in [0.15, 0.2) is 28.7 Å². The van der Waals surface area contributed by atoms with Crippen LogP contribution in [-0.4, -0.2) is 19.2 Å². The summed E-state index contributed by atoms with van der Waals surface area (Å²) in [6, 6.07) is 8.78. The maximum atomic E-state index is 5.61. The van der Waals surface area contributed by atoms with Crippen molar-refractivity contribution in [2.75, 3.05) is 13.2 Å². The summed E-state index contributed by atoms with van der Waals surface area (Å²) in [5.41, 5.74) is 1.21. The lowest BCUT2D eigenvalue weighted by Crippen LogP contribution is -2.33. The molecule has 96 valence electrons. The normalized spacial score (nSPS) is 13.0. The third kappa shape index (κ3) is 6.20. The van der Waals surface area contributed by atoms with Gasteiger partial charge in [0, 0.05) is 17.1 Å². The molecule has 1 aromatic carbocycles. The Balaban J connectivity index is 2.10. The predicted octanol–water partition coefficient (Wildman–Crippen LogP) is 3.60. The monoisotopic (exact) mass is 299 g/mol.